The summed E-state index contributed by atoms with van der Waals surface area (Å²) in [5.41, 5.74) is 3.26. The number of anilines is 1. The fraction of sp³-hybridized carbons (Fsp3) is 0.0952. The van der Waals surface area contributed by atoms with E-state index in [4.69, 9.17) is 12.2 Å². The van der Waals surface area contributed by atoms with Gasteiger partial charge in [0.25, 0.3) is 5.91 Å². The summed E-state index contributed by atoms with van der Waals surface area (Å²) >= 11 is 6.72. The number of rotatable bonds is 3. The lowest BCUT2D eigenvalue weighted by atomic mass is 10.1. The molecule has 3 aromatic rings. The normalized spacial score (nSPS) is 15.9. The molecule has 0 spiro atoms. The molecule has 4 nitrogen and oxygen atoms in total. The summed E-state index contributed by atoms with van der Waals surface area (Å²) in [6, 6.07) is 15.1. The van der Waals surface area contributed by atoms with Gasteiger partial charge in [-0.15, -0.1) is 0 Å². The maximum absolute atomic E-state index is 13.0. The first kappa shape index (κ1) is 17.7. The molecule has 0 radical (unpaired) electrons. The molecule has 0 atom stereocenters. The van der Waals surface area contributed by atoms with Crippen LogP contribution in [0.15, 0.2) is 59.6 Å². The van der Waals surface area contributed by atoms with Gasteiger partial charge in [0.1, 0.15) is 0 Å². The summed E-state index contributed by atoms with van der Waals surface area (Å²) in [6.07, 6.45) is 3.89. The number of benzene rings is 2. The van der Waals surface area contributed by atoms with E-state index in [-0.39, 0.29) is 11.7 Å². The molecule has 0 saturated carbocycles. The van der Waals surface area contributed by atoms with Crippen molar-refractivity contribution in [2.24, 2.45) is 7.05 Å². The molecule has 134 valence electrons. The smallest absolute Gasteiger partial charge is 0.270 e. The number of amides is 1. The zero-order valence-electron chi connectivity index (χ0n) is 14.8. The van der Waals surface area contributed by atoms with Crippen LogP contribution in [0.3, 0.4) is 0 Å². The molecular weight excluding hydrogens is 376 g/mol. The van der Waals surface area contributed by atoms with Crippen LogP contribution in [0.2, 0.25) is 0 Å². The van der Waals surface area contributed by atoms with Crippen LogP contribution in [0.5, 0.6) is 0 Å². The number of nitrogens with zero attached hydrogens (tertiary/aromatic N) is 2. The highest BCUT2D eigenvalue weighted by molar-refractivity contribution is 8.27. The molecule has 0 bridgehead atoms. The van der Waals surface area contributed by atoms with Crippen molar-refractivity contribution in [3.05, 3.63) is 70.8 Å². The SMILES string of the molecule is CC(=O)c1cccc(N2C(=O)C(=Cc3cn(C)c4ccccc34)SC2=S)c1. The van der Waals surface area contributed by atoms with Crippen molar-refractivity contribution in [1.82, 2.24) is 4.57 Å². The third kappa shape index (κ3) is 3.11. The first-order valence-electron chi connectivity index (χ1n) is 8.39. The van der Waals surface area contributed by atoms with Crippen LogP contribution in [0.4, 0.5) is 5.69 Å². The van der Waals surface area contributed by atoms with E-state index in [1.807, 2.05) is 48.2 Å². The Morgan fingerprint density at radius 3 is 2.70 bits per heavy atom. The number of carbonyl (C=O) groups is 2. The predicted octanol–water partition coefficient (Wildman–Crippen LogP) is 4.79. The second-order valence-electron chi connectivity index (χ2n) is 6.34. The first-order chi connectivity index (χ1) is 13.0. The molecule has 2 heterocycles. The van der Waals surface area contributed by atoms with E-state index >= 15 is 0 Å². The molecule has 2 aromatic carbocycles. The summed E-state index contributed by atoms with van der Waals surface area (Å²) in [5, 5.41) is 1.09. The minimum Gasteiger partial charge on any atom is -0.350 e. The lowest BCUT2D eigenvalue weighted by Crippen LogP contribution is -2.27. The number of thioether (sulfide) groups is 1. The standard InChI is InChI=1S/C21H16N2O2S2/c1-13(24)14-6-5-7-16(10-14)23-20(25)19(27-21(23)26)11-15-12-22(2)18-9-4-3-8-17(15)18/h3-12H,1-2H3. The van der Waals surface area contributed by atoms with Gasteiger partial charge in [0.05, 0.1) is 10.6 Å². The summed E-state index contributed by atoms with van der Waals surface area (Å²) in [7, 11) is 1.98. The van der Waals surface area contributed by atoms with E-state index in [1.165, 1.54) is 23.6 Å². The molecule has 27 heavy (non-hydrogen) atoms. The Kier molecular flexibility index (Phi) is 4.45. The van der Waals surface area contributed by atoms with Crippen molar-refractivity contribution in [2.45, 2.75) is 6.92 Å². The topological polar surface area (TPSA) is 42.3 Å². The van der Waals surface area contributed by atoms with Crippen molar-refractivity contribution < 1.29 is 9.59 Å². The van der Waals surface area contributed by atoms with Gasteiger partial charge in [0, 0.05) is 35.3 Å². The molecule has 0 aliphatic carbocycles. The van der Waals surface area contributed by atoms with Crippen LogP contribution in [-0.4, -0.2) is 20.6 Å². The van der Waals surface area contributed by atoms with Gasteiger partial charge in [-0.05, 0) is 31.2 Å². The maximum Gasteiger partial charge on any atom is 0.270 e. The highest BCUT2D eigenvalue weighted by Crippen LogP contribution is 2.37. The van der Waals surface area contributed by atoms with Crippen LogP contribution < -0.4 is 4.90 Å². The number of fused-ring (bicyclic) bond motifs is 1. The molecule has 1 aliphatic heterocycles. The Labute approximate surface area is 166 Å². The second-order valence-corrected chi connectivity index (χ2v) is 8.01. The zero-order valence-corrected chi connectivity index (χ0v) is 16.4. The summed E-state index contributed by atoms with van der Waals surface area (Å²) < 4.78 is 2.50. The van der Waals surface area contributed by atoms with Crippen LogP contribution in [0.1, 0.15) is 22.8 Å². The van der Waals surface area contributed by atoms with Gasteiger partial charge in [-0.25, -0.2) is 0 Å². The summed E-state index contributed by atoms with van der Waals surface area (Å²) in [6.45, 7) is 1.50. The average molecular weight is 393 g/mol. The van der Waals surface area contributed by atoms with Gasteiger partial charge >= 0.3 is 0 Å². The van der Waals surface area contributed by atoms with Crippen molar-refractivity contribution in [1.29, 1.82) is 0 Å². The van der Waals surface area contributed by atoms with E-state index < -0.39 is 0 Å². The Hall–Kier alpha value is -2.70. The Bertz CT molecular complexity index is 1140. The lowest BCUT2D eigenvalue weighted by Gasteiger charge is -2.15. The number of hydrogen-bond donors (Lipinski definition) is 0. The van der Waals surface area contributed by atoms with Gasteiger partial charge < -0.3 is 4.57 Å². The molecular formula is C21H16N2O2S2. The largest absolute Gasteiger partial charge is 0.350 e. The molecule has 1 aliphatic rings. The van der Waals surface area contributed by atoms with E-state index in [0.29, 0.717) is 20.5 Å². The molecule has 4 rings (SSSR count). The molecule has 0 N–H and O–H groups in total. The summed E-state index contributed by atoms with van der Waals surface area (Å²) in [4.78, 5) is 26.7. The highest BCUT2D eigenvalue weighted by atomic mass is 32.2. The average Bonchev–Trinajstić information content (AvgIpc) is 3.12. The molecule has 1 amide bonds. The Morgan fingerprint density at radius 1 is 1.15 bits per heavy atom. The molecule has 6 heteroatoms. The minimum absolute atomic E-state index is 0.0476. The fourth-order valence-corrected chi connectivity index (χ4v) is 4.47. The van der Waals surface area contributed by atoms with Crippen molar-refractivity contribution in [2.75, 3.05) is 4.90 Å². The van der Waals surface area contributed by atoms with Crippen molar-refractivity contribution >= 4 is 62.7 Å². The second kappa shape index (κ2) is 6.79. The highest BCUT2D eigenvalue weighted by Gasteiger charge is 2.33. The third-order valence-corrected chi connectivity index (χ3v) is 5.82. The van der Waals surface area contributed by atoms with Gasteiger partial charge in [0.2, 0.25) is 0 Å². The van der Waals surface area contributed by atoms with E-state index in [2.05, 4.69) is 0 Å². The number of para-hydroxylation sites is 1. The van der Waals surface area contributed by atoms with Gasteiger partial charge in [-0.2, -0.15) is 0 Å². The van der Waals surface area contributed by atoms with Crippen molar-refractivity contribution in [3.8, 4) is 0 Å². The van der Waals surface area contributed by atoms with E-state index in [9.17, 15) is 9.59 Å². The maximum atomic E-state index is 13.0. The number of aryl methyl sites for hydroxylation is 1. The third-order valence-electron chi connectivity index (χ3n) is 4.52. The molecule has 1 saturated heterocycles. The van der Waals surface area contributed by atoms with Gasteiger partial charge in [-0.1, -0.05) is 54.3 Å². The van der Waals surface area contributed by atoms with Crippen LogP contribution in [0, 0.1) is 0 Å². The van der Waals surface area contributed by atoms with E-state index in [1.54, 1.807) is 24.3 Å². The van der Waals surface area contributed by atoms with Crippen molar-refractivity contribution in [3.63, 3.8) is 0 Å². The van der Waals surface area contributed by atoms with Gasteiger partial charge in [0.15, 0.2) is 10.1 Å². The number of aromatic nitrogens is 1. The predicted molar refractivity (Wildman–Crippen MR) is 115 cm³/mol. The Morgan fingerprint density at radius 2 is 1.93 bits per heavy atom. The number of ketones is 1. The van der Waals surface area contributed by atoms with Crippen LogP contribution in [0.25, 0.3) is 17.0 Å². The van der Waals surface area contributed by atoms with E-state index in [0.717, 1.165) is 16.5 Å². The minimum atomic E-state index is -0.168. The number of carbonyl (C=O) groups excluding carboxylic acids is 2. The van der Waals surface area contributed by atoms with Gasteiger partial charge in [-0.3, -0.25) is 14.5 Å². The zero-order chi connectivity index (χ0) is 19.1. The fourth-order valence-electron chi connectivity index (χ4n) is 3.18. The molecule has 1 fully saturated rings. The van der Waals surface area contributed by atoms with Crippen LogP contribution in [-0.2, 0) is 11.8 Å². The monoisotopic (exact) mass is 392 g/mol. The number of thiocarbonyl (C=S) groups is 1. The summed E-state index contributed by atoms with van der Waals surface area (Å²) in [5.74, 6) is -0.216. The number of hydrogen-bond acceptors (Lipinski definition) is 4. The molecule has 1 aromatic heterocycles. The van der Waals surface area contributed by atoms with Crippen LogP contribution >= 0.6 is 24.0 Å². The quantitative estimate of drug-likeness (QED) is 0.365. The molecule has 0 unspecified atom stereocenters. The lowest BCUT2D eigenvalue weighted by molar-refractivity contribution is -0.113. The number of Topliss-reactive ketones (excluding diaryl/α,β-unsaturated/α-hetero) is 1. The first-order valence-corrected chi connectivity index (χ1v) is 9.61. The Balaban J connectivity index is 1.73.